The molecule has 1 rings (SSSR count). The maximum atomic E-state index is 8.78. The second-order valence-corrected chi connectivity index (χ2v) is 1.93. The first-order chi connectivity index (χ1) is 3.29. The zero-order chi connectivity index (χ0) is 5.28. The molecule has 40 valence electrons. The highest BCUT2D eigenvalue weighted by Gasteiger charge is 2.10. The molecule has 2 heteroatoms. The molecule has 0 radical (unpaired) electrons. The highest BCUT2D eigenvalue weighted by atomic mass is 16.3. The molecule has 0 aliphatic carbocycles. The van der Waals surface area contributed by atoms with Crippen molar-refractivity contribution in [3.05, 3.63) is 0 Å². The van der Waals surface area contributed by atoms with Crippen molar-refractivity contribution in [1.29, 1.82) is 0 Å². The van der Waals surface area contributed by atoms with Gasteiger partial charge in [-0.25, -0.2) is 0 Å². The Hall–Kier alpha value is -0.370. The van der Waals surface area contributed by atoms with Gasteiger partial charge in [0.1, 0.15) is 0 Å². The first-order valence-electron chi connectivity index (χ1n) is 2.47. The number of rotatable bonds is 0. The van der Waals surface area contributed by atoms with Crippen LogP contribution in [-0.2, 0) is 0 Å². The topological polar surface area (TPSA) is 32.6 Å². The van der Waals surface area contributed by atoms with Crippen molar-refractivity contribution >= 4 is 5.71 Å². The van der Waals surface area contributed by atoms with Gasteiger partial charge in [0.15, 0.2) is 0 Å². The number of nitrogens with zero attached hydrogens (tertiary/aromatic N) is 1. The van der Waals surface area contributed by atoms with Crippen molar-refractivity contribution in [2.24, 2.45) is 4.99 Å². The maximum Gasteiger partial charge on any atom is 0.0787 e. The second-order valence-electron chi connectivity index (χ2n) is 1.93. The lowest BCUT2D eigenvalue weighted by atomic mass is 10.2. The van der Waals surface area contributed by atoms with Crippen molar-refractivity contribution in [2.75, 3.05) is 6.54 Å². The number of aliphatic hydroxyl groups excluding tert-OH is 1. The van der Waals surface area contributed by atoms with Crippen LogP contribution in [0.25, 0.3) is 0 Å². The summed E-state index contributed by atoms with van der Waals surface area (Å²) in [6.07, 6.45) is 0.597. The summed E-state index contributed by atoms with van der Waals surface area (Å²) in [6.45, 7) is 2.56. The van der Waals surface area contributed by atoms with Gasteiger partial charge < -0.3 is 5.11 Å². The van der Waals surface area contributed by atoms with Gasteiger partial charge in [-0.2, -0.15) is 0 Å². The molecule has 0 saturated carbocycles. The summed E-state index contributed by atoms with van der Waals surface area (Å²) in [5.74, 6) is 0. The van der Waals surface area contributed by atoms with E-state index in [2.05, 4.69) is 4.99 Å². The van der Waals surface area contributed by atoms with E-state index < -0.39 is 0 Å². The fourth-order valence-corrected chi connectivity index (χ4v) is 0.731. The molecule has 2 nitrogen and oxygen atoms in total. The Balaban J connectivity index is 2.42. The SMILES string of the molecule is CC1=NC[C@H](O)C1. The molecule has 1 aliphatic heterocycles. The quantitative estimate of drug-likeness (QED) is 0.462. The molecule has 0 amide bonds. The first kappa shape index (κ1) is 4.78. The smallest absolute Gasteiger partial charge is 0.0787 e. The number of aliphatic hydroxyl groups is 1. The molecule has 0 unspecified atom stereocenters. The van der Waals surface area contributed by atoms with Crippen molar-refractivity contribution in [3.8, 4) is 0 Å². The van der Waals surface area contributed by atoms with Crippen LogP contribution in [0, 0.1) is 0 Å². The molecule has 0 bridgehead atoms. The van der Waals surface area contributed by atoms with Gasteiger partial charge in [-0.05, 0) is 6.92 Å². The highest BCUT2D eigenvalue weighted by molar-refractivity contribution is 5.83. The standard InChI is InChI=1S/C5H9NO/c1-4-2-5(7)3-6-4/h5,7H,2-3H2,1H3/t5-/m1/s1. The Kier molecular flexibility index (Phi) is 1.11. The lowest BCUT2D eigenvalue weighted by Gasteiger charge is -1.92. The first-order valence-corrected chi connectivity index (χ1v) is 2.47. The molecule has 0 fully saturated rings. The molecular weight excluding hydrogens is 90.1 g/mol. The lowest BCUT2D eigenvalue weighted by molar-refractivity contribution is 0.200. The minimum atomic E-state index is -0.181. The fraction of sp³-hybridized carbons (Fsp3) is 0.800. The molecule has 0 spiro atoms. The zero-order valence-corrected chi connectivity index (χ0v) is 4.39. The van der Waals surface area contributed by atoms with Crippen molar-refractivity contribution < 1.29 is 5.11 Å². The van der Waals surface area contributed by atoms with E-state index >= 15 is 0 Å². The zero-order valence-electron chi connectivity index (χ0n) is 4.39. The Morgan fingerprint density at radius 3 is 2.71 bits per heavy atom. The van der Waals surface area contributed by atoms with Gasteiger partial charge in [0.05, 0.1) is 12.6 Å². The van der Waals surface area contributed by atoms with Gasteiger partial charge in [0, 0.05) is 12.1 Å². The normalized spacial score (nSPS) is 30.6. The summed E-state index contributed by atoms with van der Waals surface area (Å²) in [6, 6.07) is 0. The van der Waals surface area contributed by atoms with E-state index in [0.29, 0.717) is 6.54 Å². The van der Waals surface area contributed by atoms with E-state index in [4.69, 9.17) is 5.11 Å². The average molecular weight is 99.1 g/mol. The molecule has 1 heterocycles. The lowest BCUT2D eigenvalue weighted by Crippen LogP contribution is -2.04. The summed E-state index contributed by atoms with van der Waals surface area (Å²) < 4.78 is 0. The molecule has 0 saturated heterocycles. The third-order valence-corrected chi connectivity index (χ3v) is 1.10. The summed E-state index contributed by atoms with van der Waals surface area (Å²) in [4.78, 5) is 3.98. The van der Waals surface area contributed by atoms with Crippen molar-refractivity contribution in [1.82, 2.24) is 0 Å². The minimum Gasteiger partial charge on any atom is -0.391 e. The molecular formula is C5H9NO. The average Bonchev–Trinajstić information content (AvgIpc) is 1.87. The van der Waals surface area contributed by atoms with E-state index in [1.54, 1.807) is 0 Å². The Morgan fingerprint density at radius 2 is 2.57 bits per heavy atom. The van der Waals surface area contributed by atoms with Crippen LogP contribution in [0.4, 0.5) is 0 Å². The van der Waals surface area contributed by atoms with Gasteiger partial charge in [-0.3, -0.25) is 4.99 Å². The number of hydrogen-bond acceptors (Lipinski definition) is 2. The van der Waals surface area contributed by atoms with E-state index in [9.17, 15) is 0 Å². The Morgan fingerprint density at radius 1 is 1.86 bits per heavy atom. The van der Waals surface area contributed by atoms with Crippen LogP contribution in [0.3, 0.4) is 0 Å². The summed E-state index contributed by atoms with van der Waals surface area (Å²) >= 11 is 0. The van der Waals surface area contributed by atoms with Crippen LogP contribution in [0.5, 0.6) is 0 Å². The highest BCUT2D eigenvalue weighted by Crippen LogP contribution is 2.02. The Labute approximate surface area is 42.9 Å². The predicted octanol–water partition coefficient (Wildman–Crippen LogP) is 0.212. The summed E-state index contributed by atoms with van der Waals surface area (Å²) in [7, 11) is 0. The maximum absolute atomic E-state index is 8.78. The van der Waals surface area contributed by atoms with Crippen LogP contribution in [0.1, 0.15) is 13.3 Å². The van der Waals surface area contributed by atoms with Crippen LogP contribution in [0.15, 0.2) is 4.99 Å². The minimum absolute atomic E-state index is 0.181. The van der Waals surface area contributed by atoms with Gasteiger partial charge in [-0.1, -0.05) is 0 Å². The number of aliphatic imine (C=N–C) groups is 1. The summed E-state index contributed by atoms with van der Waals surface area (Å²) in [5.41, 5.74) is 1.08. The number of hydrogen-bond donors (Lipinski definition) is 1. The molecule has 0 aromatic carbocycles. The van der Waals surface area contributed by atoms with E-state index in [1.165, 1.54) is 0 Å². The fourth-order valence-electron chi connectivity index (χ4n) is 0.731. The summed E-state index contributed by atoms with van der Waals surface area (Å²) in [5, 5.41) is 8.78. The molecule has 0 aromatic rings. The molecule has 7 heavy (non-hydrogen) atoms. The van der Waals surface area contributed by atoms with Crippen LogP contribution in [-0.4, -0.2) is 23.5 Å². The monoisotopic (exact) mass is 99.1 g/mol. The van der Waals surface area contributed by atoms with Gasteiger partial charge in [0.25, 0.3) is 0 Å². The van der Waals surface area contributed by atoms with E-state index in [1.807, 2.05) is 6.92 Å². The van der Waals surface area contributed by atoms with Gasteiger partial charge in [-0.15, -0.1) is 0 Å². The second kappa shape index (κ2) is 1.62. The molecule has 1 aliphatic rings. The van der Waals surface area contributed by atoms with Crippen molar-refractivity contribution in [3.63, 3.8) is 0 Å². The molecule has 1 atom stereocenters. The third kappa shape index (κ3) is 0.996. The molecule has 1 N–H and O–H groups in total. The third-order valence-electron chi connectivity index (χ3n) is 1.10. The van der Waals surface area contributed by atoms with Gasteiger partial charge >= 0.3 is 0 Å². The molecule has 0 aromatic heterocycles. The van der Waals surface area contributed by atoms with Crippen LogP contribution >= 0.6 is 0 Å². The van der Waals surface area contributed by atoms with E-state index in [-0.39, 0.29) is 6.10 Å². The Bertz CT molecular complexity index is 98.3. The predicted molar refractivity (Wildman–Crippen MR) is 28.6 cm³/mol. The van der Waals surface area contributed by atoms with Crippen molar-refractivity contribution in [2.45, 2.75) is 19.4 Å². The largest absolute Gasteiger partial charge is 0.391 e. The van der Waals surface area contributed by atoms with E-state index in [0.717, 1.165) is 12.1 Å². The van der Waals surface area contributed by atoms with Crippen LogP contribution < -0.4 is 0 Å². The van der Waals surface area contributed by atoms with Gasteiger partial charge in [0.2, 0.25) is 0 Å². The van der Waals surface area contributed by atoms with Crippen LogP contribution in [0.2, 0.25) is 0 Å².